The molecule has 0 spiro atoms. The lowest BCUT2D eigenvalue weighted by Gasteiger charge is -2.31. The first kappa shape index (κ1) is 16.3. The normalized spacial score (nSPS) is 15.5. The van der Waals surface area contributed by atoms with Crippen LogP contribution >= 0.6 is 22.9 Å². The highest BCUT2D eigenvalue weighted by Crippen LogP contribution is 2.25. The molecular formula is C18H16ClN3O2S. The zero-order valence-electron chi connectivity index (χ0n) is 13.4. The number of amides is 1. The van der Waals surface area contributed by atoms with Crippen LogP contribution in [-0.2, 0) is 0 Å². The van der Waals surface area contributed by atoms with Crippen molar-refractivity contribution in [3.63, 3.8) is 0 Å². The number of para-hydroxylation sites is 2. The van der Waals surface area contributed by atoms with Crippen LogP contribution in [0.3, 0.4) is 0 Å². The molecule has 3 aromatic rings. The van der Waals surface area contributed by atoms with E-state index >= 15 is 0 Å². The molecule has 0 unspecified atom stereocenters. The number of halogens is 1. The summed E-state index contributed by atoms with van der Waals surface area (Å²) in [6, 6.07) is 11.2. The van der Waals surface area contributed by atoms with Gasteiger partial charge in [0.2, 0.25) is 5.88 Å². The minimum Gasteiger partial charge on any atom is -0.473 e. The zero-order chi connectivity index (χ0) is 17.2. The van der Waals surface area contributed by atoms with E-state index in [0.29, 0.717) is 28.2 Å². The molecule has 1 saturated heterocycles. The van der Waals surface area contributed by atoms with Crippen LogP contribution < -0.4 is 4.74 Å². The molecule has 128 valence electrons. The minimum absolute atomic E-state index is 0.0425. The molecule has 7 heteroatoms. The summed E-state index contributed by atoms with van der Waals surface area (Å²) in [5, 5.41) is 0. The Morgan fingerprint density at radius 2 is 1.92 bits per heavy atom. The van der Waals surface area contributed by atoms with Crippen LogP contribution in [0.4, 0.5) is 0 Å². The van der Waals surface area contributed by atoms with Gasteiger partial charge < -0.3 is 9.64 Å². The summed E-state index contributed by atoms with van der Waals surface area (Å²) in [6.45, 7) is 1.33. The molecule has 0 radical (unpaired) electrons. The average molecular weight is 374 g/mol. The molecule has 1 aromatic carbocycles. The van der Waals surface area contributed by atoms with Crippen LogP contribution in [0, 0.1) is 0 Å². The van der Waals surface area contributed by atoms with Gasteiger partial charge in [-0.3, -0.25) is 4.79 Å². The molecule has 1 amide bonds. The molecule has 25 heavy (non-hydrogen) atoms. The fraction of sp³-hybridized carbons (Fsp3) is 0.278. The van der Waals surface area contributed by atoms with Crippen LogP contribution in [0.15, 0.2) is 42.6 Å². The van der Waals surface area contributed by atoms with Crippen LogP contribution in [0.1, 0.15) is 22.5 Å². The number of piperidine rings is 1. The summed E-state index contributed by atoms with van der Waals surface area (Å²) in [4.78, 5) is 23.8. The maximum absolute atomic E-state index is 12.4. The largest absolute Gasteiger partial charge is 0.473 e. The Bertz CT molecular complexity index is 906. The third-order valence-electron chi connectivity index (χ3n) is 4.23. The van der Waals surface area contributed by atoms with E-state index in [1.54, 1.807) is 18.3 Å². The summed E-state index contributed by atoms with van der Waals surface area (Å²) < 4.78 is 6.61. The summed E-state index contributed by atoms with van der Waals surface area (Å²) in [7, 11) is 0. The number of carbonyl (C=O) groups is 1. The van der Waals surface area contributed by atoms with E-state index in [9.17, 15) is 4.79 Å². The Hall–Kier alpha value is -2.18. The fourth-order valence-electron chi connectivity index (χ4n) is 2.93. The molecule has 3 heterocycles. The molecule has 1 fully saturated rings. The number of thiophene rings is 1. The van der Waals surface area contributed by atoms with Gasteiger partial charge in [-0.2, -0.15) is 0 Å². The number of carbonyl (C=O) groups excluding carboxylic acids is 1. The molecule has 0 atom stereocenters. The van der Waals surface area contributed by atoms with Gasteiger partial charge >= 0.3 is 0 Å². The van der Waals surface area contributed by atoms with Crippen molar-refractivity contribution in [1.29, 1.82) is 0 Å². The van der Waals surface area contributed by atoms with E-state index in [1.165, 1.54) is 11.3 Å². The number of fused-ring (bicyclic) bond motifs is 1. The molecule has 1 aliphatic heterocycles. The van der Waals surface area contributed by atoms with Gasteiger partial charge in [0.05, 0.1) is 26.4 Å². The van der Waals surface area contributed by atoms with Crippen molar-refractivity contribution in [2.45, 2.75) is 18.9 Å². The average Bonchev–Trinajstić information content (AvgIpc) is 3.08. The van der Waals surface area contributed by atoms with Crippen molar-refractivity contribution >= 4 is 39.9 Å². The Morgan fingerprint density at radius 3 is 2.64 bits per heavy atom. The molecule has 1 aliphatic rings. The fourth-order valence-corrected chi connectivity index (χ4v) is 3.94. The van der Waals surface area contributed by atoms with Crippen molar-refractivity contribution in [3.8, 4) is 5.88 Å². The lowest BCUT2D eigenvalue weighted by molar-refractivity contribution is 0.0592. The van der Waals surface area contributed by atoms with Gasteiger partial charge in [-0.15, -0.1) is 11.3 Å². The van der Waals surface area contributed by atoms with Gasteiger partial charge in [0, 0.05) is 25.9 Å². The summed E-state index contributed by atoms with van der Waals surface area (Å²) >= 11 is 7.23. The zero-order valence-corrected chi connectivity index (χ0v) is 15.0. The lowest BCUT2D eigenvalue weighted by atomic mass is 10.1. The van der Waals surface area contributed by atoms with Crippen molar-refractivity contribution < 1.29 is 9.53 Å². The number of hydrogen-bond acceptors (Lipinski definition) is 5. The first-order valence-corrected chi connectivity index (χ1v) is 9.31. The first-order valence-electron chi connectivity index (χ1n) is 8.12. The van der Waals surface area contributed by atoms with Gasteiger partial charge in [-0.1, -0.05) is 23.7 Å². The van der Waals surface area contributed by atoms with E-state index in [-0.39, 0.29) is 12.0 Å². The summed E-state index contributed by atoms with van der Waals surface area (Å²) in [5.41, 5.74) is 1.67. The minimum atomic E-state index is 0.0425. The van der Waals surface area contributed by atoms with Crippen LogP contribution in [0.5, 0.6) is 5.88 Å². The van der Waals surface area contributed by atoms with E-state index in [1.807, 2.05) is 29.2 Å². The lowest BCUT2D eigenvalue weighted by Crippen LogP contribution is -2.41. The highest BCUT2D eigenvalue weighted by molar-refractivity contribution is 7.17. The maximum atomic E-state index is 12.4. The maximum Gasteiger partial charge on any atom is 0.263 e. The molecule has 4 rings (SSSR count). The van der Waals surface area contributed by atoms with Crippen molar-refractivity contribution in [3.05, 3.63) is 51.8 Å². The molecule has 0 bridgehead atoms. The van der Waals surface area contributed by atoms with Crippen LogP contribution in [0.2, 0.25) is 4.34 Å². The van der Waals surface area contributed by atoms with E-state index in [0.717, 1.165) is 23.9 Å². The first-order chi connectivity index (χ1) is 12.2. The number of benzene rings is 1. The van der Waals surface area contributed by atoms with Gasteiger partial charge in [-0.25, -0.2) is 9.97 Å². The third kappa shape index (κ3) is 3.60. The van der Waals surface area contributed by atoms with Gasteiger partial charge in [0.25, 0.3) is 5.91 Å². The Balaban J connectivity index is 1.37. The number of hydrogen-bond donors (Lipinski definition) is 0. The number of nitrogens with zero attached hydrogens (tertiary/aromatic N) is 3. The highest BCUT2D eigenvalue weighted by Gasteiger charge is 2.25. The second kappa shape index (κ2) is 6.98. The standard InChI is InChI=1S/C18H16ClN3O2S/c19-16-6-5-15(25-16)18(23)22-9-7-12(8-10-22)24-17-11-20-13-3-1-2-4-14(13)21-17/h1-6,11-12H,7-10H2. The van der Waals surface area contributed by atoms with E-state index in [4.69, 9.17) is 16.3 Å². The smallest absolute Gasteiger partial charge is 0.263 e. The Kier molecular flexibility index (Phi) is 4.55. The van der Waals surface area contributed by atoms with E-state index in [2.05, 4.69) is 9.97 Å². The Morgan fingerprint density at radius 1 is 1.16 bits per heavy atom. The van der Waals surface area contributed by atoms with Crippen molar-refractivity contribution in [2.75, 3.05) is 13.1 Å². The number of rotatable bonds is 3. The van der Waals surface area contributed by atoms with Gasteiger partial charge in [0.1, 0.15) is 6.10 Å². The molecule has 2 aromatic heterocycles. The molecule has 0 saturated carbocycles. The number of aromatic nitrogens is 2. The Labute approximate surface area is 154 Å². The summed E-state index contributed by atoms with van der Waals surface area (Å²) in [5.74, 6) is 0.578. The molecular weight excluding hydrogens is 358 g/mol. The topological polar surface area (TPSA) is 55.3 Å². The van der Waals surface area contributed by atoms with Crippen LogP contribution in [0.25, 0.3) is 11.0 Å². The number of likely N-dealkylation sites (tertiary alicyclic amines) is 1. The third-order valence-corrected chi connectivity index (χ3v) is 5.45. The monoisotopic (exact) mass is 373 g/mol. The van der Waals surface area contributed by atoms with Crippen molar-refractivity contribution in [2.24, 2.45) is 0 Å². The molecule has 0 N–H and O–H groups in total. The van der Waals surface area contributed by atoms with Crippen LogP contribution in [-0.4, -0.2) is 40.0 Å². The van der Waals surface area contributed by atoms with Crippen molar-refractivity contribution in [1.82, 2.24) is 14.9 Å². The molecule has 0 aliphatic carbocycles. The van der Waals surface area contributed by atoms with Gasteiger partial charge in [-0.05, 0) is 24.3 Å². The van der Waals surface area contributed by atoms with E-state index < -0.39 is 0 Å². The highest BCUT2D eigenvalue weighted by atomic mass is 35.5. The number of ether oxygens (including phenoxy) is 1. The van der Waals surface area contributed by atoms with Gasteiger partial charge in [0.15, 0.2) is 0 Å². The molecule has 5 nitrogen and oxygen atoms in total. The quantitative estimate of drug-likeness (QED) is 0.695. The second-order valence-electron chi connectivity index (χ2n) is 5.91. The predicted octanol–water partition coefficient (Wildman–Crippen LogP) is 4.03. The summed E-state index contributed by atoms with van der Waals surface area (Å²) in [6.07, 6.45) is 3.26. The SMILES string of the molecule is O=C(c1ccc(Cl)s1)N1CCC(Oc2cnc3ccccc3n2)CC1. The second-order valence-corrected chi connectivity index (χ2v) is 7.63. The predicted molar refractivity (Wildman–Crippen MR) is 98.4 cm³/mol.